The summed E-state index contributed by atoms with van der Waals surface area (Å²) in [4.78, 5) is 24.0. The fraction of sp³-hybridized carbons (Fsp3) is 0.583. The highest BCUT2D eigenvalue weighted by Crippen LogP contribution is 2.11. The van der Waals surface area contributed by atoms with Crippen molar-refractivity contribution in [3.63, 3.8) is 0 Å². The van der Waals surface area contributed by atoms with E-state index in [0.29, 0.717) is 12.4 Å². The predicted molar refractivity (Wildman–Crippen MR) is 65.9 cm³/mol. The van der Waals surface area contributed by atoms with E-state index in [4.69, 9.17) is 0 Å². The van der Waals surface area contributed by atoms with Gasteiger partial charge in [0, 0.05) is 7.05 Å². The Bertz CT molecular complexity index is 384. The van der Waals surface area contributed by atoms with E-state index in [1.165, 1.54) is 12.8 Å². The zero-order chi connectivity index (χ0) is 12.3. The Hall–Kier alpha value is -1.49. The number of carbonyl (C=O) groups excluding carboxylic acids is 1. The molecule has 2 heterocycles. The molecule has 0 unspecified atom stereocenters. The minimum absolute atomic E-state index is 0.0966. The Balaban J connectivity index is 1.96. The number of carbonyl (C=O) groups is 1. The smallest absolute Gasteiger partial charge is 0.240 e. The maximum Gasteiger partial charge on any atom is 0.240 e. The average Bonchev–Trinajstić information content (AvgIpc) is 2.82. The summed E-state index contributed by atoms with van der Waals surface area (Å²) in [5, 5.41) is 0. The molecule has 17 heavy (non-hydrogen) atoms. The number of likely N-dealkylation sites (tertiary alicyclic amines) is 1. The van der Waals surface area contributed by atoms with Crippen LogP contribution in [0, 0.1) is 6.92 Å². The van der Waals surface area contributed by atoms with E-state index in [0.717, 1.165) is 18.8 Å². The molecular formula is C12H18N4O. The van der Waals surface area contributed by atoms with Crippen molar-refractivity contribution in [2.24, 2.45) is 0 Å². The quantitative estimate of drug-likeness (QED) is 0.777. The molecule has 1 aliphatic heterocycles. The Morgan fingerprint density at radius 2 is 1.94 bits per heavy atom. The van der Waals surface area contributed by atoms with Crippen molar-refractivity contribution in [3.05, 3.63) is 18.2 Å². The van der Waals surface area contributed by atoms with Crippen molar-refractivity contribution in [1.29, 1.82) is 0 Å². The first-order valence-corrected chi connectivity index (χ1v) is 5.94. The predicted octanol–water partition coefficient (Wildman–Crippen LogP) is 0.844. The molecule has 1 amide bonds. The molecule has 0 atom stereocenters. The van der Waals surface area contributed by atoms with Crippen LogP contribution in [-0.4, -0.2) is 47.5 Å². The third-order valence-corrected chi connectivity index (χ3v) is 3.09. The van der Waals surface area contributed by atoms with Crippen LogP contribution in [0.3, 0.4) is 0 Å². The number of nitrogens with zero attached hydrogens (tertiary/aromatic N) is 4. The first kappa shape index (κ1) is 12.0. The van der Waals surface area contributed by atoms with Gasteiger partial charge in [0.25, 0.3) is 0 Å². The van der Waals surface area contributed by atoms with Crippen LogP contribution in [0.25, 0.3) is 0 Å². The van der Waals surface area contributed by atoms with E-state index in [1.54, 1.807) is 24.3 Å². The van der Waals surface area contributed by atoms with Gasteiger partial charge in [0.1, 0.15) is 5.82 Å². The summed E-state index contributed by atoms with van der Waals surface area (Å²) in [5.41, 5.74) is 0.750. The van der Waals surface area contributed by atoms with Gasteiger partial charge in [-0.1, -0.05) is 0 Å². The maximum absolute atomic E-state index is 12.0. The number of likely N-dealkylation sites (N-methyl/N-ethyl adjacent to an activating group) is 1. The minimum Gasteiger partial charge on any atom is -0.312 e. The second kappa shape index (κ2) is 5.23. The van der Waals surface area contributed by atoms with Gasteiger partial charge in [-0.15, -0.1) is 0 Å². The van der Waals surface area contributed by atoms with Crippen LogP contribution in [0.15, 0.2) is 12.4 Å². The molecule has 0 spiro atoms. The van der Waals surface area contributed by atoms with E-state index in [-0.39, 0.29) is 5.91 Å². The van der Waals surface area contributed by atoms with E-state index >= 15 is 0 Å². The average molecular weight is 234 g/mol. The van der Waals surface area contributed by atoms with Crippen LogP contribution in [0.4, 0.5) is 5.69 Å². The van der Waals surface area contributed by atoms with E-state index < -0.39 is 0 Å². The largest absolute Gasteiger partial charge is 0.312 e. The lowest BCUT2D eigenvalue weighted by molar-refractivity contribution is -0.119. The number of hydrogen-bond acceptors (Lipinski definition) is 4. The van der Waals surface area contributed by atoms with Gasteiger partial charge in [0.2, 0.25) is 5.91 Å². The second-order valence-electron chi connectivity index (χ2n) is 4.42. The van der Waals surface area contributed by atoms with Crippen LogP contribution in [0.5, 0.6) is 0 Å². The highest BCUT2D eigenvalue weighted by atomic mass is 16.2. The summed E-state index contributed by atoms with van der Waals surface area (Å²) in [6.45, 7) is 4.38. The van der Waals surface area contributed by atoms with Crippen LogP contribution in [0.1, 0.15) is 18.7 Å². The van der Waals surface area contributed by atoms with Gasteiger partial charge < -0.3 is 4.90 Å². The fourth-order valence-electron chi connectivity index (χ4n) is 1.94. The topological polar surface area (TPSA) is 49.3 Å². The normalized spacial score (nSPS) is 16.1. The van der Waals surface area contributed by atoms with Crippen LogP contribution in [0.2, 0.25) is 0 Å². The Labute approximate surface area is 101 Å². The van der Waals surface area contributed by atoms with Gasteiger partial charge in [-0.2, -0.15) is 0 Å². The molecule has 1 saturated heterocycles. The molecule has 5 heteroatoms. The zero-order valence-corrected chi connectivity index (χ0v) is 10.4. The van der Waals surface area contributed by atoms with Crippen LogP contribution in [-0.2, 0) is 4.79 Å². The van der Waals surface area contributed by atoms with Gasteiger partial charge in [0.05, 0.1) is 24.6 Å². The molecule has 1 aromatic heterocycles. The lowest BCUT2D eigenvalue weighted by atomic mass is 10.4. The fourth-order valence-corrected chi connectivity index (χ4v) is 1.94. The first-order chi connectivity index (χ1) is 8.16. The van der Waals surface area contributed by atoms with Gasteiger partial charge in [-0.05, 0) is 32.9 Å². The van der Waals surface area contributed by atoms with Crippen molar-refractivity contribution in [1.82, 2.24) is 14.9 Å². The Morgan fingerprint density at radius 1 is 1.35 bits per heavy atom. The summed E-state index contributed by atoms with van der Waals surface area (Å²) >= 11 is 0. The van der Waals surface area contributed by atoms with Gasteiger partial charge in [-0.3, -0.25) is 9.69 Å². The monoisotopic (exact) mass is 234 g/mol. The number of hydrogen-bond donors (Lipinski definition) is 0. The lowest BCUT2D eigenvalue weighted by Crippen LogP contribution is -2.37. The molecule has 0 radical (unpaired) electrons. The summed E-state index contributed by atoms with van der Waals surface area (Å²) in [7, 11) is 1.77. The maximum atomic E-state index is 12.0. The van der Waals surface area contributed by atoms with Crippen molar-refractivity contribution in [3.8, 4) is 0 Å². The number of anilines is 1. The molecule has 0 bridgehead atoms. The van der Waals surface area contributed by atoms with E-state index in [1.807, 2.05) is 6.92 Å². The van der Waals surface area contributed by atoms with Crippen molar-refractivity contribution >= 4 is 11.6 Å². The molecule has 1 aromatic rings. The van der Waals surface area contributed by atoms with Crippen molar-refractivity contribution in [2.45, 2.75) is 19.8 Å². The standard InChI is InChI=1S/C12H18N4O/c1-10-13-7-11(8-14-10)15(2)12(17)9-16-5-3-4-6-16/h7-8H,3-6,9H2,1-2H3. The second-order valence-corrected chi connectivity index (χ2v) is 4.42. The first-order valence-electron chi connectivity index (χ1n) is 5.94. The number of aryl methyl sites for hydroxylation is 1. The molecule has 0 aliphatic carbocycles. The summed E-state index contributed by atoms with van der Waals surface area (Å²) in [5.74, 6) is 0.813. The third-order valence-electron chi connectivity index (χ3n) is 3.09. The van der Waals surface area contributed by atoms with Gasteiger partial charge in [0.15, 0.2) is 0 Å². The number of amides is 1. The summed E-state index contributed by atoms with van der Waals surface area (Å²) in [6.07, 6.45) is 5.77. The molecule has 5 nitrogen and oxygen atoms in total. The zero-order valence-electron chi connectivity index (χ0n) is 10.4. The highest BCUT2D eigenvalue weighted by molar-refractivity contribution is 5.93. The van der Waals surface area contributed by atoms with Gasteiger partial charge >= 0.3 is 0 Å². The molecule has 1 fully saturated rings. The van der Waals surface area contributed by atoms with E-state index in [2.05, 4.69) is 14.9 Å². The summed E-state index contributed by atoms with van der Waals surface area (Å²) in [6, 6.07) is 0. The molecule has 2 rings (SSSR count). The molecule has 0 saturated carbocycles. The molecular weight excluding hydrogens is 216 g/mol. The van der Waals surface area contributed by atoms with Crippen molar-refractivity contribution in [2.75, 3.05) is 31.6 Å². The Morgan fingerprint density at radius 3 is 2.53 bits per heavy atom. The van der Waals surface area contributed by atoms with Crippen molar-refractivity contribution < 1.29 is 4.79 Å². The molecule has 92 valence electrons. The van der Waals surface area contributed by atoms with Crippen LogP contribution < -0.4 is 4.90 Å². The molecule has 1 aliphatic rings. The van der Waals surface area contributed by atoms with E-state index in [9.17, 15) is 4.79 Å². The van der Waals surface area contributed by atoms with Gasteiger partial charge in [-0.25, -0.2) is 9.97 Å². The third kappa shape index (κ3) is 3.00. The highest BCUT2D eigenvalue weighted by Gasteiger charge is 2.18. The lowest BCUT2D eigenvalue weighted by Gasteiger charge is -2.20. The Kier molecular flexibility index (Phi) is 3.68. The van der Waals surface area contributed by atoms with Crippen LogP contribution >= 0.6 is 0 Å². The number of aromatic nitrogens is 2. The number of rotatable bonds is 3. The summed E-state index contributed by atoms with van der Waals surface area (Å²) < 4.78 is 0. The molecule has 0 N–H and O–H groups in total. The molecule has 0 aromatic carbocycles. The minimum atomic E-state index is 0.0966. The SMILES string of the molecule is Cc1ncc(N(C)C(=O)CN2CCCC2)cn1.